The molecule has 0 fully saturated rings. The SMILES string of the molecule is CN(Cc1ccc(Cl)cc1)C(=O)CN(c1cc(Cl)cc(Cl)c1)S(=O)(=O)c1ccccc1. The minimum Gasteiger partial charge on any atom is -0.340 e. The molecule has 3 rings (SSSR count). The maximum absolute atomic E-state index is 13.4. The highest BCUT2D eigenvalue weighted by atomic mass is 35.5. The molecule has 162 valence electrons. The van der Waals surface area contributed by atoms with Gasteiger partial charge in [-0.3, -0.25) is 9.10 Å². The van der Waals surface area contributed by atoms with E-state index in [1.807, 2.05) is 0 Å². The lowest BCUT2D eigenvalue weighted by molar-refractivity contribution is -0.128. The van der Waals surface area contributed by atoms with Crippen LogP contribution in [0.3, 0.4) is 0 Å². The number of amides is 1. The second-order valence-electron chi connectivity index (χ2n) is 6.83. The molecule has 0 N–H and O–H groups in total. The van der Waals surface area contributed by atoms with Crippen LogP contribution in [0.4, 0.5) is 5.69 Å². The van der Waals surface area contributed by atoms with E-state index in [1.165, 1.54) is 35.2 Å². The normalized spacial score (nSPS) is 11.2. The summed E-state index contributed by atoms with van der Waals surface area (Å²) in [5, 5.41) is 1.12. The molecule has 0 saturated carbocycles. The third-order valence-electron chi connectivity index (χ3n) is 4.50. The van der Waals surface area contributed by atoms with Gasteiger partial charge >= 0.3 is 0 Å². The van der Waals surface area contributed by atoms with Gasteiger partial charge in [-0.05, 0) is 48.0 Å². The van der Waals surface area contributed by atoms with Crippen molar-refractivity contribution in [3.05, 3.63) is 93.4 Å². The Hall–Kier alpha value is -2.25. The molecule has 0 aliphatic heterocycles. The zero-order valence-electron chi connectivity index (χ0n) is 16.5. The molecule has 5 nitrogen and oxygen atoms in total. The average molecular weight is 498 g/mol. The van der Waals surface area contributed by atoms with Crippen LogP contribution in [0.1, 0.15) is 5.56 Å². The average Bonchev–Trinajstić information content (AvgIpc) is 2.73. The summed E-state index contributed by atoms with van der Waals surface area (Å²) in [6.07, 6.45) is 0. The largest absolute Gasteiger partial charge is 0.340 e. The van der Waals surface area contributed by atoms with Crippen LogP contribution in [-0.2, 0) is 21.4 Å². The number of hydrogen-bond donors (Lipinski definition) is 0. The number of hydrogen-bond acceptors (Lipinski definition) is 3. The van der Waals surface area contributed by atoms with Crippen molar-refractivity contribution in [2.45, 2.75) is 11.4 Å². The molecule has 0 radical (unpaired) electrons. The fraction of sp³-hybridized carbons (Fsp3) is 0.136. The molecule has 3 aromatic rings. The van der Waals surface area contributed by atoms with Crippen molar-refractivity contribution in [2.24, 2.45) is 0 Å². The van der Waals surface area contributed by atoms with Crippen molar-refractivity contribution in [1.29, 1.82) is 0 Å². The van der Waals surface area contributed by atoms with E-state index in [1.54, 1.807) is 49.5 Å². The molecule has 0 heterocycles. The maximum Gasteiger partial charge on any atom is 0.264 e. The zero-order chi connectivity index (χ0) is 22.6. The first-order valence-corrected chi connectivity index (χ1v) is 11.8. The molecule has 1 amide bonds. The molecular weight excluding hydrogens is 479 g/mol. The van der Waals surface area contributed by atoms with Gasteiger partial charge < -0.3 is 4.90 Å². The highest BCUT2D eigenvalue weighted by molar-refractivity contribution is 7.92. The first kappa shape index (κ1) is 23.4. The Balaban J connectivity index is 1.92. The molecule has 0 bridgehead atoms. The molecule has 0 aliphatic carbocycles. The van der Waals surface area contributed by atoms with E-state index in [-0.39, 0.29) is 20.6 Å². The summed E-state index contributed by atoms with van der Waals surface area (Å²) >= 11 is 18.1. The van der Waals surface area contributed by atoms with Gasteiger partial charge in [0.05, 0.1) is 10.6 Å². The lowest BCUT2D eigenvalue weighted by Crippen LogP contribution is -2.41. The van der Waals surface area contributed by atoms with E-state index >= 15 is 0 Å². The Kier molecular flexibility index (Phi) is 7.49. The molecular formula is C22H19Cl3N2O3S. The minimum absolute atomic E-state index is 0.0549. The molecule has 0 saturated heterocycles. The predicted molar refractivity (Wildman–Crippen MR) is 125 cm³/mol. The van der Waals surface area contributed by atoms with Crippen molar-refractivity contribution in [3.63, 3.8) is 0 Å². The summed E-state index contributed by atoms with van der Waals surface area (Å²) in [4.78, 5) is 14.5. The van der Waals surface area contributed by atoms with Crippen molar-refractivity contribution in [3.8, 4) is 0 Å². The van der Waals surface area contributed by atoms with Crippen molar-refractivity contribution in [1.82, 2.24) is 4.90 Å². The topological polar surface area (TPSA) is 57.7 Å². The van der Waals surface area contributed by atoms with Gasteiger partial charge in [0.2, 0.25) is 5.91 Å². The van der Waals surface area contributed by atoms with Crippen LogP contribution < -0.4 is 4.31 Å². The third-order valence-corrected chi connectivity index (χ3v) is 6.98. The molecule has 0 aliphatic rings. The smallest absolute Gasteiger partial charge is 0.264 e. The first-order chi connectivity index (χ1) is 14.7. The number of likely N-dealkylation sites (N-methyl/N-ethyl adjacent to an activating group) is 1. The number of nitrogens with zero attached hydrogens (tertiary/aromatic N) is 2. The molecule has 0 spiro atoms. The van der Waals surface area contributed by atoms with Gasteiger partial charge in [0, 0.05) is 28.7 Å². The summed E-state index contributed by atoms with van der Waals surface area (Å²) in [7, 11) is -2.44. The van der Waals surface area contributed by atoms with Crippen molar-refractivity contribution < 1.29 is 13.2 Å². The molecule has 0 aromatic heterocycles. The molecule has 31 heavy (non-hydrogen) atoms. The van der Waals surface area contributed by atoms with Crippen LogP contribution >= 0.6 is 34.8 Å². The fourth-order valence-electron chi connectivity index (χ4n) is 2.91. The highest BCUT2D eigenvalue weighted by Gasteiger charge is 2.28. The maximum atomic E-state index is 13.4. The molecule has 9 heteroatoms. The molecule has 3 aromatic carbocycles. The number of halogens is 3. The van der Waals surface area contributed by atoms with Gasteiger partial charge in [0.15, 0.2) is 0 Å². The predicted octanol–water partition coefficient (Wildman–Crippen LogP) is 5.50. The quantitative estimate of drug-likeness (QED) is 0.433. The first-order valence-electron chi connectivity index (χ1n) is 9.19. The van der Waals surface area contributed by atoms with Crippen LogP contribution in [-0.4, -0.2) is 32.8 Å². The lowest BCUT2D eigenvalue weighted by atomic mass is 10.2. The summed E-state index contributed by atoms with van der Waals surface area (Å²) in [5.41, 5.74) is 1.07. The Bertz CT molecular complexity index is 1150. The van der Waals surface area contributed by atoms with Gasteiger partial charge in [-0.2, -0.15) is 0 Å². The van der Waals surface area contributed by atoms with Gasteiger partial charge in [0.25, 0.3) is 10.0 Å². The Morgan fingerprint density at radius 1 is 0.839 bits per heavy atom. The van der Waals surface area contributed by atoms with Crippen LogP contribution in [0.2, 0.25) is 15.1 Å². The Morgan fingerprint density at radius 3 is 2.00 bits per heavy atom. The lowest BCUT2D eigenvalue weighted by Gasteiger charge is -2.27. The summed E-state index contributed by atoms with van der Waals surface area (Å²) in [6, 6.07) is 19.4. The molecule has 0 atom stereocenters. The molecule has 0 unspecified atom stereocenters. The van der Waals surface area contributed by atoms with Crippen LogP contribution in [0, 0.1) is 0 Å². The van der Waals surface area contributed by atoms with Gasteiger partial charge in [-0.25, -0.2) is 8.42 Å². The minimum atomic E-state index is -4.04. The summed E-state index contributed by atoms with van der Waals surface area (Å²) < 4.78 is 27.7. The van der Waals surface area contributed by atoms with Crippen LogP contribution in [0.5, 0.6) is 0 Å². The van der Waals surface area contributed by atoms with E-state index in [0.717, 1.165) is 9.87 Å². The number of carbonyl (C=O) groups is 1. The van der Waals surface area contributed by atoms with Gasteiger partial charge in [-0.15, -0.1) is 0 Å². The second-order valence-corrected chi connectivity index (χ2v) is 10.0. The zero-order valence-corrected chi connectivity index (χ0v) is 19.6. The van der Waals surface area contributed by atoms with Crippen molar-refractivity contribution >= 4 is 56.4 Å². The van der Waals surface area contributed by atoms with Gasteiger partial charge in [0.1, 0.15) is 6.54 Å². The Labute approximate surface area is 196 Å². The van der Waals surface area contributed by atoms with E-state index in [0.29, 0.717) is 11.6 Å². The van der Waals surface area contributed by atoms with E-state index in [9.17, 15) is 13.2 Å². The number of carbonyl (C=O) groups excluding carboxylic acids is 1. The van der Waals surface area contributed by atoms with Crippen LogP contribution in [0.25, 0.3) is 0 Å². The summed E-state index contributed by atoms with van der Waals surface area (Å²) in [6.45, 7) is -0.122. The number of sulfonamides is 1. The highest BCUT2D eigenvalue weighted by Crippen LogP contribution is 2.29. The van der Waals surface area contributed by atoms with Crippen molar-refractivity contribution in [2.75, 3.05) is 17.9 Å². The number of anilines is 1. The van der Waals surface area contributed by atoms with Crippen LogP contribution in [0.15, 0.2) is 77.7 Å². The van der Waals surface area contributed by atoms with E-state index in [4.69, 9.17) is 34.8 Å². The third kappa shape index (κ3) is 5.92. The fourth-order valence-corrected chi connectivity index (χ4v) is 4.97. The van der Waals surface area contributed by atoms with E-state index in [2.05, 4.69) is 0 Å². The monoisotopic (exact) mass is 496 g/mol. The summed E-state index contributed by atoms with van der Waals surface area (Å²) in [5.74, 6) is -0.398. The number of rotatable bonds is 7. The second kappa shape index (κ2) is 9.92. The van der Waals surface area contributed by atoms with Gasteiger partial charge in [-0.1, -0.05) is 65.1 Å². The number of benzene rings is 3. The Morgan fingerprint density at radius 2 is 1.42 bits per heavy atom. The standard InChI is InChI=1S/C22H19Cl3N2O3S/c1-26(14-16-7-9-17(23)10-8-16)22(28)15-27(20-12-18(24)11-19(25)13-20)31(29,30)21-5-3-2-4-6-21/h2-13H,14-15H2,1H3. The van der Waals surface area contributed by atoms with E-state index < -0.39 is 22.5 Å².